The van der Waals surface area contributed by atoms with Gasteiger partial charge < -0.3 is 9.30 Å². The summed E-state index contributed by atoms with van der Waals surface area (Å²) in [6.07, 6.45) is 5.91. The molecule has 172 valence electrons. The number of rotatable bonds is 3. The van der Waals surface area contributed by atoms with E-state index < -0.39 is 0 Å². The molecule has 6 rings (SSSR count). The van der Waals surface area contributed by atoms with Crippen molar-refractivity contribution in [1.29, 1.82) is 5.26 Å². The van der Waals surface area contributed by atoms with Gasteiger partial charge in [-0.1, -0.05) is 0 Å². The highest BCUT2D eigenvalue weighted by Crippen LogP contribution is 2.39. The highest BCUT2D eigenvalue weighted by Gasteiger charge is 2.37. The van der Waals surface area contributed by atoms with E-state index in [1.807, 2.05) is 31.4 Å². The number of amides is 1. The number of hydrogen-bond donors (Lipinski definition) is 0. The average molecular weight is 456 g/mol. The Hall–Kier alpha value is -3.77. The fourth-order valence-electron chi connectivity index (χ4n) is 5.38. The van der Waals surface area contributed by atoms with E-state index in [4.69, 9.17) is 9.72 Å². The second-order valence-corrected chi connectivity index (χ2v) is 9.29. The molecule has 2 aliphatic rings. The Morgan fingerprint density at radius 1 is 1.24 bits per heavy atom. The van der Waals surface area contributed by atoms with Gasteiger partial charge in [0.25, 0.3) is 0 Å². The van der Waals surface area contributed by atoms with Gasteiger partial charge in [0, 0.05) is 56.2 Å². The first-order chi connectivity index (χ1) is 16.5. The number of hydrogen-bond acceptors (Lipinski definition) is 6. The van der Waals surface area contributed by atoms with Gasteiger partial charge >= 0.3 is 0 Å². The van der Waals surface area contributed by atoms with E-state index >= 15 is 0 Å². The van der Waals surface area contributed by atoms with Gasteiger partial charge in [0.1, 0.15) is 11.3 Å². The third-order valence-electron chi connectivity index (χ3n) is 6.96. The number of fused-ring (bicyclic) bond motifs is 3. The number of carbonyl (C=O) groups excluding carboxylic acids is 1. The van der Waals surface area contributed by atoms with Gasteiger partial charge in [0.15, 0.2) is 5.82 Å². The van der Waals surface area contributed by atoms with E-state index in [1.165, 1.54) is 0 Å². The normalized spacial score (nSPS) is 23.1. The van der Waals surface area contributed by atoms with Crippen LogP contribution >= 0.6 is 0 Å². The molecule has 2 fully saturated rings. The van der Waals surface area contributed by atoms with Crippen molar-refractivity contribution in [2.75, 3.05) is 18.1 Å². The summed E-state index contributed by atoms with van der Waals surface area (Å²) in [6, 6.07) is 9.88. The Morgan fingerprint density at radius 3 is 2.88 bits per heavy atom. The van der Waals surface area contributed by atoms with Crippen molar-refractivity contribution in [3.8, 4) is 6.07 Å². The summed E-state index contributed by atoms with van der Waals surface area (Å²) in [5, 5.41) is 14.9. The van der Waals surface area contributed by atoms with Crippen LogP contribution in [0.25, 0.3) is 21.9 Å². The lowest BCUT2D eigenvalue weighted by Gasteiger charge is -2.31. The topological polar surface area (TPSA) is 102 Å². The van der Waals surface area contributed by atoms with Crippen LogP contribution in [0.15, 0.2) is 36.7 Å². The van der Waals surface area contributed by atoms with Crippen LogP contribution < -0.4 is 4.90 Å². The van der Waals surface area contributed by atoms with E-state index in [0.717, 1.165) is 40.6 Å². The van der Waals surface area contributed by atoms with E-state index in [2.05, 4.69) is 27.6 Å². The first-order valence-corrected chi connectivity index (χ1v) is 11.6. The minimum Gasteiger partial charge on any atom is -0.378 e. The number of aromatic nitrogens is 5. The summed E-state index contributed by atoms with van der Waals surface area (Å²) in [5.74, 6) is 1.56. The lowest BCUT2D eigenvalue weighted by Crippen LogP contribution is -2.28. The predicted octanol–water partition coefficient (Wildman–Crippen LogP) is 3.45. The van der Waals surface area contributed by atoms with Crippen LogP contribution in [0.3, 0.4) is 0 Å². The molecule has 9 nitrogen and oxygen atoms in total. The van der Waals surface area contributed by atoms with Crippen molar-refractivity contribution < 1.29 is 9.53 Å². The molecule has 2 saturated heterocycles. The molecule has 0 spiro atoms. The Balaban J connectivity index is 1.52. The standard InChI is InChI=1S/C25H25N7O2/c1-15-9-18(6-8-34-15)32-24-19-10-16(12-26)3-4-20(19)27-13-21(24)28-25(32)17-11-23(33)31(14-17)22-5-7-30(2)29-22/h3-5,7,10,13,15,17-18H,6,8-9,11,14H2,1-2H3/t15-,17?,18-/m1/s1. The van der Waals surface area contributed by atoms with Gasteiger partial charge in [-0.05, 0) is 38.0 Å². The summed E-state index contributed by atoms with van der Waals surface area (Å²) >= 11 is 0. The third-order valence-corrected chi connectivity index (χ3v) is 6.96. The van der Waals surface area contributed by atoms with Crippen LogP contribution in [-0.4, -0.2) is 49.5 Å². The zero-order valence-corrected chi connectivity index (χ0v) is 19.2. The molecule has 3 atom stereocenters. The van der Waals surface area contributed by atoms with Crippen LogP contribution in [0.2, 0.25) is 0 Å². The number of pyridine rings is 1. The average Bonchev–Trinajstić information content (AvgIpc) is 3.54. The van der Waals surface area contributed by atoms with Crippen molar-refractivity contribution in [1.82, 2.24) is 24.3 Å². The lowest BCUT2D eigenvalue weighted by atomic mass is 10.0. The molecule has 1 amide bonds. The summed E-state index contributed by atoms with van der Waals surface area (Å²) < 4.78 is 9.87. The number of anilines is 1. The Kier molecular flexibility index (Phi) is 4.85. The highest BCUT2D eigenvalue weighted by molar-refractivity contribution is 6.03. The van der Waals surface area contributed by atoms with Crippen molar-refractivity contribution >= 4 is 33.7 Å². The number of benzene rings is 1. The molecule has 9 heteroatoms. The maximum atomic E-state index is 13.0. The minimum absolute atomic E-state index is 0.0531. The zero-order chi connectivity index (χ0) is 23.4. The summed E-state index contributed by atoms with van der Waals surface area (Å²) in [4.78, 5) is 24.4. The van der Waals surface area contributed by atoms with Gasteiger partial charge in [-0.15, -0.1) is 0 Å². The molecule has 0 N–H and O–H groups in total. The maximum Gasteiger partial charge on any atom is 0.229 e. The number of aryl methyl sites for hydroxylation is 1. The molecule has 0 bridgehead atoms. The second kappa shape index (κ2) is 7.92. The lowest BCUT2D eigenvalue weighted by molar-refractivity contribution is -0.117. The SMILES string of the molecule is C[C@@H]1C[C@H](n2c(C3CC(=O)N(c4ccn(C)n4)C3)nc3cnc4ccc(C#N)cc4c32)CCO1. The van der Waals surface area contributed by atoms with Crippen LogP contribution in [0, 0.1) is 11.3 Å². The number of nitrogens with zero attached hydrogens (tertiary/aromatic N) is 7. The second-order valence-electron chi connectivity index (χ2n) is 9.29. The molecular formula is C25H25N7O2. The molecule has 4 aromatic rings. The molecule has 0 radical (unpaired) electrons. The van der Waals surface area contributed by atoms with E-state index in [0.29, 0.717) is 31.0 Å². The van der Waals surface area contributed by atoms with Gasteiger partial charge in [-0.2, -0.15) is 10.4 Å². The molecular weight excluding hydrogens is 430 g/mol. The van der Waals surface area contributed by atoms with Gasteiger partial charge in [-0.3, -0.25) is 19.4 Å². The summed E-state index contributed by atoms with van der Waals surface area (Å²) in [6.45, 7) is 3.31. The molecule has 1 unspecified atom stereocenters. The first-order valence-electron chi connectivity index (χ1n) is 11.6. The van der Waals surface area contributed by atoms with Crippen molar-refractivity contribution in [3.63, 3.8) is 0 Å². The monoisotopic (exact) mass is 455 g/mol. The molecule has 0 saturated carbocycles. The molecule has 3 aromatic heterocycles. The van der Waals surface area contributed by atoms with Gasteiger partial charge in [0.2, 0.25) is 5.91 Å². The van der Waals surface area contributed by atoms with Crippen LogP contribution in [-0.2, 0) is 16.6 Å². The van der Waals surface area contributed by atoms with Crippen LogP contribution in [0.4, 0.5) is 5.82 Å². The first kappa shape index (κ1) is 20.8. The third kappa shape index (κ3) is 3.33. The number of ether oxygens (including phenoxy) is 1. The molecule has 5 heterocycles. The van der Waals surface area contributed by atoms with Gasteiger partial charge in [-0.25, -0.2) is 4.98 Å². The molecule has 0 aliphatic carbocycles. The summed E-state index contributed by atoms with van der Waals surface area (Å²) in [7, 11) is 1.85. The number of imidazole rings is 1. The fourth-order valence-corrected chi connectivity index (χ4v) is 5.38. The maximum absolute atomic E-state index is 13.0. The van der Waals surface area contributed by atoms with Crippen LogP contribution in [0.5, 0.6) is 0 Å². The molecule has 34 heavy (non-hydrogen) atoms. The van der Waals surface area contributed by atoms with E-state index in [9.17, 15) is 10.1 Å². The number of nitriles is 1. The fraction of sp³-hybridized carbons (Fsp3) is 0.400. The van der Waals surface area contributed by atoms with Crippen LogP contribution in [0.1, 0.15) is 49.5 Å². The zero-order valence-electron chi connectivity index (χ0n) is 19.2. The van der Waals surface area contributed by atoms with E-state index in [-0.39, 0.29) is 24.0 Å². The Morgan fingerprint density at radius 2 is 2.12 bits per heavy atom. The summed E-state index contributed by atoms with van der Waals surface area (Å²) in [5.41, 5.74) is 3.20. The van der Waals surface area contributed by atoms with Crippen molar-refractivity contribution in [2.45, 2.75) is 44.2 Å². The Bertz CT molecular complexity index is 1460. The molecule has 2 aliphatic heterocycles. The largest absolute Gasteiger partial charge is 0.378 e. The highest BCUT2D eigenvalue weighted by atomic mass is 16.5. The minimum atomic E-state index is -0.0609. The van der Waals surface area contributed by atoms with Gasteiger partial charge in [0.05, 0.1) is 35.0 Å². The Labute approximate surface area is 196 Å². The molecule has 1 aromatic carbocycles. The number of carbonyl (C=O) groups is 1. The smallest absolute Gasteiger partial charge is 0.229 e. The van der Waals surface area contributed by atoms with Crippen molar-refractivity contribution in [2.24, 2.45) is 7.05 Å². The predicted molar refractivity (Wildman–Crippen MR) is 126 cm³/mol. The van der Waals surface area contributed by atoms with Crippen molar-refractivity contribution in [3.05, 3.63) is 48.0 Å². The quantitative estimate of drug-likeness (QED) is 0.469. The van der Waals surface area contributed by atoms with E-state index in [1.54, 1.807) is 21.8 Å².